The molecule has 0 aromatic heterocycles. The Kier molecular flexibility index (Phi) is 3.06. The Morgan fingerprint density at radius 3 is 2.07 bits per heavy atom. The van der Waals surface area contributed by atoms with Gasteiger partial charge in [0.05, 0.1) is 0 Å². The van der Waals surface area contributed by atoms with Crippen LogP contribution in [0.3, 0.4) is 0 Å². The van der Waals surface area contributed by atoms with Crippen molar-refractivity contribution in [1.82, 2.24) is 0 Å². The monoisotopic (exact) mass is 196 g/mol. The van der Waals surface area contributed by atoms with E-state index in [0.29, 0.717) is 5.57 Å². The maximum Gasteiger partial charge on any atom is 0.382 e. The molecule has 0 N–H and O–H groups in total. The Balaban J connectivity index is 2.39. The average Bonchev–Trinajstić information content (AvgIpc) is 2.95. The molecule has 0 aromatic carbocycles. The lowest BCUT2D eigenvalue weighted by Crippen LogP contribution is -2.12. The molecule has 1 saturated carbocycles. The summed E-state index contributed by atoms with van der Waals surface area (Å²) in [5.74, 6) is -1.33. The zero-order valence-corrected chi connectivity index (χ0v) is 8.25. The molecule has 1 aliphatic rings. The van der Waals surface area contributed by atoms with Crippen molar-refractivity contribution in [2.45, 2.75) is 26.7 Å². The smallest absolute Gasteiger partial charge is 0.242 e. The molecule has 1 fully saturated rings. The predicted molar refractivity (Wildman–Crippen MR) is 48.9 cm³/mol. The highest BCUT2D eigenvalue weighted by atomic mass is 17.2. The Bertz CT molecular complexity index is 319. The van der Waals surface area contributed by atoms with Gasteiger partial charge in [-0.25, -0.2) is 19.4 Å². The SMILES string of the molecule is C=C(C)C(=O)OOC(=O)C(C)=C1CC1. The number of hydrogen-bond acceptors (Lipinski definition) is 4. The lowest BCUT2D eigenvalue weighted by molar-refractivity contribution is -0.252. The van der Waals surface area contributed by atoms with E-state index in [9.17, 15) is 9.59 Å². The van der Waals surface area contributed by atoms with Crippen molar-refractivity contribution in [1.29, 1.82) is 0 Å². The molecule has 0 radical (unpaired) electrons. The van der Waals surface area contributed by atoms with Gasteiger partial charge in [0, 0.05) is 11.1 Å². The Labute approximate surface area is 82.1 Å². The highest BCUT2D eigenvalue weighted by Gasteiger charge is 2.21. The van der Waals surface area contributed by atoms with Crippen molar-refractivity contribution in [3.05, 3.63) is 23.3 Å². The normalized spacial score (nSPS) is 13.1. The predicted octanol–water partition coefficient (Wildman–Crippen LogP) is 1.67. The minimum atomic E-state index is -0.730. The number of hydrogen-bond donors (Lipinski definition) is 0. The minimum absolute atomic E-state index is 0.189. The van der Waals surface area contributed by atoms with E-state index in [0.717, 1.165) is 18.4 Å². The molecule has 0 spiro atoms. The third-order valence-corrected chi connectivity index (χ3v) is 1.88. The van der Waals surface area contributed by atoms with Gasteiger partial charge in [-0.3, -0.25) is 0 Å². The lowest BCUT2D eigenvalue weighted by Gasteiger charge is -2.01. The maximum absolute atomic E-state index is 11.2. The summed E-state index contributed by atoms with van der Waals surface area (Å²) in [5.41, 5.74) is 1.77. The zero-order valence-electron chi connectivity index (χ0n) is 8.25. The molecule has 0 aromatic rings. The highest BCUT2D eigenvalue weighted by molar-refractivity contribution is 5.91. The number of carbonyl (C=O) groups is 2. The molecular weight excluding hydrogens is 184 g/mol. The fourth-order valence-electron chi connectivity index (χ4n) is 0.791. The molecule has 4 nitrogen and oxygen atoms in total. The fourth-order valence-corrected chi connectivity index (χ4v) is 0.791. The second kappa shape index (κ2) is 4.09. The van der Waals surface area contributed by atoms with Crippen LogP contribution in [0.5, 0.6) is 0 Å². The number of carbonyl (C=O) groups excluding carboxylic acids is 2. The maximum atomic E-state index is 11.2. The molecule has 0 heterocycles. The van der Waals surface area contributed by atoms with Crippen LogP contribution in [-0.4, -0.2) is 11.9 Å². The summed E-state index contributed by atoms with van der Waals surface area (Å²) >= 11 is 0. The second-order valence-electron chi connectivity index (χ2n) is 3.25. The molecular formula is C10H12O4. The van der Waals surface area contributed by atoms with E-state index in [1.54, 1.807) is 6.92 Å². The van der Waals surface area contributed by atoms with Gasteiger partial charge in [0.25, 0.3) is 0 Å². The topological polar surface area (TPSA) is 52.6 Å². The summed E-state index contributed by atoms with van der Waals surface area (Å²) in [5, 5.41) is 0. The molecule has 0 aliphatic heterocycles. The van der Waals surface area contributed by atoms with Crippen molar-refractivity contribution in [2.75, 3.05) is 0 Å². The molecule has 0 atom stereocenters. The van der Waals surface area contributed by atoms with E-state index in [1.165, 1.54) is 6.92 Å². The second-order valence-corrected chi connectivity index (χ2v) is 3.25. The molecule has 0 unspecified atom stereocenters. The molecule has 1 rings (SSSR count). The minimum Gasteiger partial charge on any atom is -0.242 e. The number of allylic oxidation sites excluding steroid dienone is 1. The van der Waals surface area contributed by atoms with E-state index in [1.807, 2.05) is 0 Å². The Hall–Kier alpha value is -1.58. The Morgan fingerprint density at radius 1 is 1.14 bits per heavy atom. The van der Waals surface area contributed by atoms with Gasteiger partial charge in [-0.1, -0.05) is 12.2 Å². The van der Waals surface area contributed by atoms with E-state index >= 15 is 0 Å². The van der Waals surface area contributed by atoms with E-state index in [4.69, 9.17) is 0 Å². The summed E-state index contributed by atoms with van der Waals surface area (Å²) in [6, 6.07) is 0. The van der Waals surface area contributed by atoms with Crippen molar-refractivity contribution < 1.29 is 19.4 Å². The first-order chi connectivity index (χ1) is 6.52. The van der Waals surface area contributed by atoms with Gasteiger partial charge in [-0.05, 0) is 26.7 Å². The quantitative estimate of drug-likeness (QED) is 0.383. The van der Waals surface area contributed by atoms with E-state index < -0.39 is 11.9 Å². The summed E-state index contributed by atoms with van der Waals surface area (Å²) in [4.78, 5) is 30.6. The van der Waals surface area contributed by atoms with Crippen LogP contribution in [0.15, 0.2) is 23.3 Å². The number of rotatable bonds is 2. The van der Waals surface area contributed by atoms with Gasteiger partial charge < -0.3 is 0 Å². The first-order valence-corrected chi connectivity index (χ1v) is 4.29. The van der Waals surface area contributed by atoms with Crippen LogP contribution in [0.4, 0.5) is 0 Å². The molecule has 0 amide bonds. The van der Waals surface area contributed by atoms with Gasteiger partial charge in [0.2, 0.25) is 0 Å². The van der Waals surface area contributed by atoms with Crippen LogP contribution >= 0.6 is 0 Å². The summed E-state index contributed by atoms with van der Waals surface area (Å²) in [6.45, 7) is 6.47. The van der Waals surface area contributed by atoms with E-state index in [-0.39, 0.29) is 5.57 Å². The van der Waals surface area contributed by atoms with Crippen molar-refractivity contribution in [3.8, 4) is 0 Å². The first kappa shape index (κ1) is 10.5. The van der Waals surface area contributed by atoms with Gasteiger partial charge in [-0.15, -0.1) is 0 Å². The summed E-state index contributed by atoms with van der Waals surface area (Å²) in [6.07, 6.45) is 1.85. The third kappa shape index (κ3) is 2.73. The largest absolute Gasteiger partial charge is 0.382 e. The molecule has 14 heavy (non-hydrogen) atoms. The van der Waals surface area contributed by atoms with Gasteiger partial charge in [0.1, 0.15) is 0 Å². The molecule has 4 heteroatoms. The average molecular weight is 196 g/mol. The summed E-state index contributed by atoms with van der Waals surface area (Å²) < 4.78 is 0. The fraction of sp³-hybridized carbons (Fsp3) is 0.400. The molecule has 0 saturated heterocycles. The molecule has 0 bridgehead atoms. The zero-order chi connectivity index (χ0) is 10.7. The van der Waals surface area contributed by atoms with Crippen LogP contribution in [0, 0.1) is 0 Å². The van der Waals surface area contributed by atoms with Crippen LogP contribution in [0.1, 0.15) is 26.7 Å². The summed E-state index contributed by atoms with van der Waals surface area (Å²) in [7, 11) is 0. The Morgan fingerprint density at radius 2 is 1.64 bits per heavy atom. The lowest BCUT2D eigenvalue weighted by atomic mass is 10.3. The van der Waals surface area contributed by atoms with Crippen molar-refractivity contribution in [3.63, 3.8) is 0 Å². The third-order valence-electron chi connectivity index (χ3n) is 1.88. The van der Waals surface area contributed by atoms with Crippen LogP contribution in [0.25, 0.3) is 0 Å². The standard InChI is InChI=1S/C10H12O4/c1-6(2)9(11)13-14-10(12)7(3)8-4-5-8/h1,4-5H2,2-3H3. The van der Waals surface area contributed by atoms with Crippen LogP contribution < -0.4 is 0 Å². The van der Waals surface area contributed by atoms with Crippen LogP contribution in [0.2, 0.25) is 0 Å². The highest BCUT2D eigenvalue weighted by Crippen LogP contribution is 2.31. The van der Waals surface area contributed by atoms with Crippen LogP contribution in [-0.2, 0) is 19.4 Å². The molecule has 1 aliphatic carbocycles. The van der Waals surface area contributed by atoms with Gasteiger partial charge >= 0.3 is 11.9 Å². The first-order valence-electron chi connectivity index (χ1n) is 4.29. The van der Waals surface area contributed by atoms with E-state index in [2.05, 4.69) is 16.4 Å². The van der Waals surface area contributed by atoms with Crippen molar-refractivity contribution >= 4 is 11.9 Å². The van der Waals surface area contributed by atoms with Crippen molar-refractivity contribution in [2.24, 2.45) is 0 Å². The molecule has 76 valence electrons. The van der Waals surface area contributed by atoms with Gasteiger partial charge in [0.15, 0.2) is 0 Å². The van der Waals surface area contributed by atoms with Gasteiger partial charge in [-0.2, -0.15) is 0 Å².